The van der Waals surface area contributed by atoms with Gasteiger partial charge in [0.2, 0.25) is 5.88 Å². The number of carbonyl (C=O) groups is 1. The second-order valence-electron chi connectivity index (χ2n) is 8.99. The predicted molar refractivity (Wildman–Crippen MR) is 142 cm³/mol. The van der Waals surface area contributed by atoms with E-state index < -0.39 is 11.7 Å². The average Bonchev–Trinajstić information content (AvgIpc) is 3.62. The van der Waals surface area contributed by atoms with Crippen molar-refractivity contribution in [3.8, 4) is 5.88 Å². The first-order chi connectivity index (χ1) is 18.5. The number of imidazole rings is 1. The number of aromatic amines is 1. The maximum atomic E-state index is 14.5. The number of methoxy groups -OCH3 is 1. The van der Waals surface area contributed by atoms with Crippen molar-refractivity contribution in [2.24, 2.45) is 10.7 Å². The summed E-state index contributed by atoms with van der Waals surface area (Å²) in [5, 5.41) is 2.82. The molecule has 1 amide bonds. The molecule has 4 N–H and O–H groups in total. The van der Waals surface area contributed by atoms with E-state index in [1.165, 1.54) is 50.8 Å². The van der Waals surface area contributed by atoms with Crippen LogP contribution in [0.25, 0.3) is 16.7 Å². The standard InChI is InChI=1S/C27H27FN8O2/c1-38-22-7-6-21(14-31-22)30-13-19(11-29)18-8-16(9-20(28)10-18)12-32-27(37)24-23-26(34-15-33-24)36-25(35-23)17-4-2-3-5-17/h6-11,13-15,17H,2-5,12,29H2,1H3,(H,32,37)(H,33,34,35,36). The van der Waals surface area contributed by atoms with E-state index in [1.807, 2.05) is 0 Å². The summed E-state index contributed by atoms with van der Waals surface area (Å²) in [6, 6.07) is 7.87. The molecule has 1 saturated carbocycles. The number of H-pyrrole nitrogens is 1. The number of pyridine rings is 1. The molecule has 3 aromatic heterocycles. The molecule has 0 radical (unpaired) electrons. The Labute approximate surface area is 218 Å². The molecule has 3 heterocycles. The Kier molecular flexibility index (Phi) is 7.34. The normalized spacial score (nSPS) is 14.4. The number of nitrogens with two attached hydrogens (primary N) is 1. The van der Waals surface area contributed by atoms with Gasteiger partial charge < -0.3 is 20.8 Å². The van der Waals surface area contributed by atoms with Gasteiger partial charge in [-0.15, -0.1) is 0 Å². The first-order valence-corrected chi connectivity index (χ1v) is 12.3. The van der Waals surface area contributed by atoms with Crippen molar-refractivity contribution < 1.29 is 13.9 Å². The van der Waals surface area contributed by atoms with Crippen LogP contribution >= 0.6 is 0 Å². The lowest BCUT2D eigenvalue weighted by atomic mass is 10.0. The van der Waals surface area contributed by atoms with Crippen LogP contribution in [0.1, 0.15) is 59.0 Å². The highest BCUT2D eigenvalue weighted by Gasteiger charge is 2.23. The van der Waals surface area contributed by atoms with E-state index in [1.54, 1.807) is 24.4 Å². The largest absolute Gasteiger partial charge is 0.481 e. The number of nitrogens with zero attached hydrogens (tertiary/aromatic N) is 5. The van der Waals surface area contributed by atoms with Crippen LogP contribution < -0.4 is 15.8 Å². The molecule has 0 unspecified atom stereocenters. The van der Waals surface area contributed by atoms with Crippen LogP contribution in [0, 0.1) is 5.82 Å². The summed E-state index contributed by atoms with van der Waals surface area (Å²) >= 11 is 0. The topological polar surface area (TPSA) is 144 Å². The molecule has 10 nitrogen and oxygen atoms in total. The highest BCUT2D eigenvalue weighted by Crippen LogP contribution is 2.33. The molecule has 0 aliphatic heterocycles. The van der Waals surface area contributed by atoms with Crippen molar-refractivity contribution in [1.82, 2.24) is 30.2 Å². The van der Waals surface area contributed by atoms with E-state index in [0.29, 0.717) is 45.3 Å². The molecule has 38 heavy (non-hydrogen) atoms. The van der Waals surface area contributed by atoms with Gasteiger partial charge >= 0.3 is 0 Å². The Bertz CT molecular complexity index is 1510. The van der Waals surface area contributed by atoms with Gasteiger partial charge in [-0.1, -0.05) is 12.8 Å². The van der Waals surface area contributed by atoms with Gasteiger partial charge in [0.25, 0.3) is 5.91 Å². The van der Waals surface area contributed by atoms with Crippen LogP contribution in [0.4, 0.5) is 10.1 Å². The number of carbonyl (C=O) groups excluding carboxylic acids is 1. The zero-order valence-corrected chi connectivity index (χ0v) is 20.8. The number of amides is 1. The molecule has 0 spiro atoms. The number of aromatic nitrogens is 5. The number of ether oxygens (including phenoxy) is 1. The fourth-order valence-corrected chi connectivity index (χ4v) is 4.52. The zero-order valence-electron chi connectivity index (χ0n) is 20.8. The van der Waals surface area contributed by atoms with Gasteiger partial charge in [-0.25, -0.2) is 24.3 Å². The number of allylic oxidation sites excluding steroid dienone is 1. The number of nitrogens with one attached hydrogen (secondary N) is 2. The number of halogens is 1. The van der Waals surface area contributed by atoms with Crippen LogP contribution in [-0.2, 0) is 6.54 Å². The highest BCUT2D eigenvalue weighted by molar-refractivity contribution is 6.10. The zero-order chi connectivity index (χ0) is 26.5. The number of fused-ring (bicyclic) bond motifs is 1. The van der Waals surface area contributed by atoms with Gasteiger partial charge in [0.1, 0.15) is 23.5 Å². The smallest absolute Gasteiger partial charge is 0.272 e. The summed E-state index contributed by atoms with van der Waals surface area (Å²) in [6.07, 6.45) is 10.2. The fraction of sp³-hybridized carbons (Fsp3) is 0.259. The minimum absolute atomic E-state index is 0.0795. The predicted octanol–water partition coefficient (Wildman–Crippen LogP) is 4.19. The van der Waals surface area contributed by atoms with Gasteiger partial charge in [-0.2, -0.15) is 0 Å². The first kappa shape index (κ1) is 25.0. The quantitative estimate of drug-likeness (QED) is 0.299. The summed E-state index contributed by atoms with van der Waals surface area (Å²) in [7, 11) is 1.53. The number of aliphatic imine (C=N–C) groups is 1. The van der Waals surface area contributed by atoms with Crippen molar-refractivity contribution in [2.75, 3.05) is 7.11 Å². The number of rotatable bonds is 8. The summed E-state index contributed by atoms with van der Waals surface area (Å²) < 4.78 is 19.5. The van der Waals surface area contributed by atoms with E-state index in [0.717, 1.165) is 18.7 Å². The fourth-order valence-electron chi connectivity index (χ4n) is 4.52. The molecule has 1 aliphatic rings. The minimum atomic E-state index is -0.468. The second kappa shape index (κ2) is 11.2. The van der Waals surface area contributed by atoms with Crippen molar-refractivity contribution in [3.05, 3.63) is 77.5 Å². The second-order valence-corrected chi connectivity index (χ2v) is 8.99. The number of hydrogen-bond donors (Lipinski definition) is 3. The van der Waals surface area contributed by atoms with Crippen molar-refractivity contribution >= 4 is 34.5 Å². The lowest BCUT2D eigenvalue weighted by molar-refractivity contribution is 0.0947. The summed E-state index contributed by atoms with van der Waals surface area (Å²) in [5.41, 5.74) is 9.12. The lowest BCUT2D eigenvalue weighted by Gasteiger charge is -2.09. The number of benzene rings is 1. The van der Waals surface area contributed by atoms with E-state index in [-0.39, 0.29) is 12.2 Å². The highest BCUT2D eigenvalue weighted by atomic mass is 19.1. The molecule has 4 aromatic rings. The monoisotopic (exact) mass is 514 g/mol. The summed E-state index contributed by atoms with van der Waals surface area (Å²) in [6.45, 7) is 0.0795. The lowest BCUT2D eigenvalue weighted by Crippen LogP contribution is -2.24. The molecule has 0 bridgehead atoms. The Hall–Kier alpha value is -4.67. The molecule has 5 rings (SSSR count). The molecule has 11 heteroatoms. The van der Waals surface area contributed by atoms with Gasteiger partial charge in [-0.05, 0) is 48.2 Å². The Morgan fingerprint density at radius 2 is 2.08 bits per heavy atom. The molecule has 194 valence electrons. The van der Waals surface area contributed by atoms with E-state index in [2.05, 4.69) is 35.2 Å². The molecule has 0 atom stereocenters. The molecular weight excluding hydrogens is 487 g/mol. The Morgan fingerprint density at radius 1 is 1.24 bits per heavy atom. The van der Waals surface area contributed by atoms with Crippen molar-refractivity contribution in [1.29, 1.82) is 0 Å². The number of hydrogen-bond acceptors (Lipinski definition) is 8. The van der Waals surface area contributed by atoms with Crippen LogP contribution in [0.5, 0.6) is 5.88 Å². The summed E-state index contributed by atoms with van der Waals surface area (Å²) in [5.74, 6) is 0.785. The minimum Gasteiger partial charge on any atom is -0.481 e. The van der Waals surface area contributed by atoms with Gasteiger partial charge in [0.15, 0.2) is 11.3 Å². The average molecular weight is 515 g/mol. The van der Waals surface area contributed by atoms with Gasteiger partial charge in [0, 0.05) is 36.5 Å². The first-order valence-electron chi connectivity index (χ1n) is 12.3. The van der Waals surface area contributed by atoms with Gasteiger partial charge in [-0.3, -0.25) is 9.79 Å². The maximum absolute atomic E-state index is 14.5. The molecule has 1 aromatic carbocycles. The van der Waals surface area contributed by atoms with Crippen molar-refractivity contribution in [3.63, 3.8) is 0 Å². The molecule has 1 fully saturated rings. The van der Waals surface area contributed by atoms with Crippen LogP contribution in [0.2, 0.25) is 0 Å². The van der Waals surface area contributed by atoms with Crippen LogP contribution in [0.3, 0.4) is 0 Å². The third kappa shape index (κ3) is 5.51. The van der Waals surface area contributed by atoms with Gasteiger partial charge in [0.05, 0.1) is 19.0 Å². The molecule has 1 aliphatic carbocycles. The van der Waals surface area contributed by atoms with E-state index in [9.17, 15) is 9.18 Å². The summed E-state index contributed by atoms with van der Waals surface area (Å²) in [4.78, 5) is 37.7. The third-order valence-electron chi connectivity index (χ3n) is 6.47. The Balaban J connectivity index is 1.31. The maximum Gasteiger partial charge on any atom is 0.272 e. The van der Waals surface area contributed by atoms with E-state index >= 15 is 0 Å². The van der Waals surface area contributed by atoms with Crippen LogP contribution in [-0.4, -0.2) is 44.2 Å². The SMILES string of the molecule is COc1ccc(N=CC(=CN)c2cc(F)cc(CNC(=O)c3ncnc4nc(C5CCCC5)[nH]c34)c2)cn1. The Morgan fingerprint density at radius 3 is 2.82 bits per heavy atom. The molecular formula is C27H27FN8O2. The van der Waals surface area contributed by atoms with E-state index in [4.69, 9.17) is 10.5 Å². The van der Waals surface area contributed by atoms with Crippen LogP contribution in [0.15, 0.2) is 54.0 Å². The third-order valence-corrected chi connectivity index (χ3v) is 6.47. The molecule has 0 saturated heterocycles. The van der Waals surface area contributed by atoms with Crippen molar-refractivity contribution in [2.45, 2.75) is 38.1 Å².